The standard InChI is InChI=1S/C24H27N7O3S/c1-13-10-30(11-14(2)34-13)12-17-5-6-20(35-17)18-8-21(26-16-3-4-16)31-22(27-18)15(9-25-31)7-19-23(32)29-24(33)28-19/h5-9,13-14,16,32H,3-4,10-12H2,1-2H3,(H2,28,29,33)/b15-7-,26-21?. The van der Waals surface area contributed by atoms with Crippen molar-refractivity contribution in [3.8, 4) is 16.5 Å². The van der Waals surface area contributed by atoms with Gasteiger partial charge in [0.1, 0.15) is 5.69 Å². The van der Waals surface area contributed by atoms with Gasteiger partial charge in [0, 0.05) is 35.8 Å². The van der Waals surface area contributed by atoms with Crippen molar-refractivity contribution in [2.45, 2.75) is 51.5 Å². The normalized spacial score (nSPS) is 22.5. The first-order valence-electron chi connectivity index (χ1n) is 11.8. The Bertz CT molecular complexity index is 1550. The maximum absolute atomic E-state index is 11.6. The van der Waals surface area contributed by atoms with E-state index in [1.165, 1.54) is 4.88 Å². The SMILES string of the molecule is CC1CN(Cc2ccc(-c3cc(=NC4CC4)n4nc/c(=C/c5[nH]c(=O)[nH]c5O)c4n3)s2)CC(C)O1. The number of morpholine rings is 1. The minimum Gasteiger partial charge on any atom is -0.493 e. The summed E-state index contributed by atoms with van der Waals surface area (Å²) in [6, 6.07) is 6.59. The number of hydrogen-bond donors (Lipinski definition) is 3. The highest BCUT2D eigenvalue weighted by Crippen LogP contribution is 2.28. The molecule has 2 fully saturated rings. The Labute approximate surface area is 204 Å². The van der Waals surface area contributed by atoms with E-state index in [1.54, 1.807) is 28.1 Å². The summed E-state index contributed by atoms with van der Waals surface area (Å²) in [4.78, 5) is 31.0. The molecule has 2 atom stereocenters. The molecule has 0 spiro atoms. The van der Waals surface area contributed by atoms with Crippen molar-refractivity contribution in [1.82, 2.24) is 29.5 Å². The summed E-state index contributed by atoms with van der Waals surface area (Å²) in [7, 11) is 0. The number of H-pyrrole nitrogens is 2. The fraction of sp³-hybridized carbons (Fsp3) is 0.417. The van der Waals surface area contributed by atoms with Crippen molar-refractivity contribution in [3.05, 3.63) is 56.2 Å². The number of nitrogens with one attached hydrogen (secondary N) is 2. The lowest BCUT2D eigenvalue weighted by molar-refractivity contribution is -0.0702. The summed E-state index contributed by atoms with van der Waals surface area (Å²) in [6.45, 7) is 6.98. The van der Waals surface area contributed by atoms with E-state index in [1.807, 2.05) is 6.07 Å². The molecule has 3 N–H and O–H groups in total. The number of fused-ring (bicyclic) bond motifs is 1. The lowest BCUT2D eigenvalue weighted by Gasteiger charge is -2.34. The van der Waals surface area contributed by atoms with Gasteiger partial charge in [-0.3, -0.25) is 14.9 Å². The second-order valence-electron chi connectivity index (χ2n) is 9.40. The lowest BCUT2D eigenvalue weighted by Crippen LogP contribution is -2.44. The Morgan fingerprint density at radius 3 is 2.77 bits per heavy atom. The van der Waals surface area contributed by atoms with Crippen LogP contribution in [0.4, 0.5) is 0 Å². The van der Waals surface area contributed by atoms with Crippen LogP contribution in [0.1, 0.15) is 37.3 Å². The number of aromatic nitrogens is 5. The maximum Gasteiger partial charge on any atom is 0.326 e. The van der Waals surface area contributed by atoms with Gasteiger partial charge in [-0.1, -0.05) is 0 Å². The maximum atomic E-state index is 11.6. The summed E-state index contributed by atoms with van der Waals surface area (Å²) >= 11 is 1.73. The minimum atomic E-state index is -0.474. The minimum absolute atomic E-state index is 0.219. The number of ether oxygens (including phenoxy) is 1. The van der Waals surface area contributed by atoms with Gasteiger partial charge in [0.25, 0.3) is 0 Å². The molecule has 0 aromatic carbocycles. The molecule has 1 aliphatic carbocycles. The van der Waals surface area contributed by atoms with Crippen molar-refractivity contribution in [3.63, 3.8) is 0 Å². The molecule has 182 valence electrons. The molecule has 2 aliphatic rings. The molecule has 2 unspecified atom stereocenters. The molecule has 35 heavy (non-hydrogen) atoms. The van der Waals surface area contributed by atoms with E-state index in [-0.39, 0.29) is 23.8 Å². The second-order valence-corrected chi connectivity index (χ2v) is 10.6. The first kappa shape index (κ1) is 22.2. The zero-order valence-corrected chi connectivity index (χ0v) is 20.4. The molecule has 6 rings (SSSR count). The van der Waals surface area contributed by atoms with Crippen LogP contribution >= 0.6 is 11.3 Å². The van der Waals surface area contributed by atoms with Gasteiger partial charge in [-0.15, -0.1) is 11.3 Å². The number of hydrogen-bond acceptors (Lipinski definition) is 8. The first-order chi connectivity index (χ1) is 16.9. The van der Waals surface area contributed by atoms with Crippen molar-refractivity contribution in [2.24, 2.45) is 4.99 Å². The summed E-state index contributed by atoms with van der Waals surface area (Å²) in [5, 5.41) is 15.2. The average Bonchev–Trinajstić information content (AvgIpc) is 3.18. The Morgan fingerprint density at radius 2 is 2.06 bits per heavy atom. The Hall–Kier alpha value is -3.28. The highest BCUT2D eigenvalue weighted by molar-refractivity contribution is 7.15. The monoisotopic (exact) mass is 493 g/mol. The average molecular weight is 494 g/mol. The van der Waals surface area contributed by atoms with Crippen LogP contribution in [0.5, 0.6) is 5.88 Å². The summed E-state index contributed by atoms with van der Waals surface area (Å²) in [5.74, 6) is -0.219. The van der Waals surface area contributed by atoms with Gasteiger partial charge < -0.3 is 14.8 Å². The second kappa shape index (κ2) is 8.74. The van der Waals surface area contributed by atoms with Crippen molar-refractivity contribution >= 4 is 23.1 Å². The van der Waals surface area contributed by atoms with E-state index < -0.39 is 5.69 Å². The van der Waals surface area contributed by atoms with Gasteiger partial charge in [-0.25, -0.2) is 9.78 Å². The molecule has 4 aromatic heterocycles. The van der Waals surface area contributed by atoms with Crippen molar-refractivity contribution in [1.29, 1.82) is 0 Å². The van der Waals surface area contributed by atoms with E-state index in [9.17, 15) is 9.90 Å². The molecular weight excluding hydrogens is 466 g/mol. The van der Waals surface area contributed by atoms with E-state index in [2.05, 4.69) is 45.9 Å². The third kappa shape index (κ3) is 4.66. The van der Waals surface area contributed by atoms with Crippen molar-refractivity contribution in [2.75, 3.05) is 13.1 Å². The van der Waals surface area contributed by atoms with E-state index in [0.29, 0.717) is 16.9 Å². The highest BCUT2D eigenvalue weighted by Gasteiger charge is 2.23. The van der Waals surface area contributed by atoms with E-state index >= 15 is 0 Å². The van der Waals surface area contributed by atoms with Crippen LogP contribution in [-0.4, -0.2) is 65.9 Å². The molecule has 0 radical (unpaired) electrons. The zero-order chi connectivity index (χ0) is 24.1. The van der Waals surface area contributed by atoms with Crippen LogP contribution in [0, 0.1) is 0 Å². The summed E-state index contributed by atoms with van der Waals surface area (Å²) < 4.78 is 7.59. The molecule has 5 heterocycles. The number of nitrogens with zero attached hydrogens (tertiary/aromatic N) is 5. The van der Waals surface area contributed by atoms with Gasteiger partial charge in [-0.05, 0) is 44.9 Å². The summed E-state index contributed by atoms with van der Waals surface area (Å²) in [5.41, 5.74) is 2.02. The fourth-order valence-electron chi connectivity index (χ4n) is 4.56. The smallest absolute Gasteiger partial charge is 0.326 e. The highest BCUT2D eigenvalue weighted by atomic mass is 32.1. The van der Waals surface area contributed by atoms with Crippen molar-refractivity contribution < 1.29 is 9.84 Å². The topological polar surface area (TPSA) is 124 Å². The molecule has 4 aromatic rings. The molecule has 0 amide bonds. The van der Waals surface area contributed by atoms with Crippen LogP contribution in [0.2, 0.25) is 0 Å². The first-order valence-corrected chi connectivity index (χ1v) is 12.7. The number of thiophene rings is 1. The Balaban J connectivity index is 1.40. The fourth-order valence-corrected chi connectivity index (χ4v) is 5.57. The van der Waals surface area contributed by atoms with E-state index in [0.717, 1.165) is 48.5 Å². The number of imidazole rings is 1. The van der Waals surface area contributed by atoms with E-state index in [4.69, 9.17) is 14.7 Å². The van der Waals surface area contributed by atoms with Crippen LogP contribution in [0.25, 0.3) is 22.3 Å². The third-order valence-corrected chi connectivity index (χ3v) is 7.26. The summed E-state index contributed by atoms with van der Waals surface area (Å²) in [6.07, 6.45) is 5.96. The van der Waals surface area contributed by atoms with Crippen LogP contribution in [0.15, 0.2) is 34.2 Å². The van der Waals surface area contributed by atoms with Crippen LogP contribution in [0.3, 0.4) is 0 Å². The largest absolute Gasteiger partial charge is 0.493 e. The molecule has 1 aliphatic heterocycles. The van der Waals surface area contributed by atoms with Gasteiger partial charge in [0.2, 0.25) is 5.88 Å². The number of rotatable bonds is 5. The molecule has 0 bridgehead atoms. The Morgan fingerprint density at radius 1 is 1.26 bits per heavy atom. The third-order valence-electron chi connectivity index (χ3n) is 6.17. The number of aromatic hydroxyl groups is 1. The van der Waals surface area contributed by atoms with Crippen LogP contribution < -0.4 is 16.4 Å². The van der Waals surface area contributed by atoms with Gasteiger partial charge in [-0.2, -0.15) is 9.61 Å². The molecule has 11 heteroatoms. The predicted molar refractivity (Wildman–Crippen MR) is 132 cm³/mol. The Kier molecular flexibility index (Phi) is 5.54. The predicted octanol–water partition coefficient (Wildman–Crippen LogP) is 1.40. The molecular formula is C24H27N7O3S. The van der Waals surface area contributed by atoms with Gasteiger partial charge in [0.15, 0.2) is 11.1 Å². The van der Waals surface area contributed by atoms with Gasteiger partial charge >= 0.3 is 5.69 Å². The number of aromatic amines is 2. The molecule has 1 saturated heterocycles. The quantitative estimate of drug-likeness (QED) is 0.386. The molecule has 1 saturated carbocycles. The van der Waals surface area contributed by atoms with Crippen LogP contribution in [-0.2, 0) is 11.3 Å². The lowest BCUT2D eigenvalue weighted by atomic mass is 10.2. The zero-order valence-electron chi connectivity index (χ0n) is 19.6. The van der Waals surface area contributed by atoms with Gasteiger partial charge in [0.05, 0.1) is 35.0 Å². The molecule has 10 nitrogen and oxygen atoms in total.